The maximum Gasteiger partial charge on any atom is 0.142 e. The standard InChI is InChI=1S/C21H22N2S/c1-14-5-4-6-16(11-14)19-13-22-20(24-19)17-8-7-15-9-10-21(2,3)12-18(15)23-17/h4-8,11,13H,9-10,12H2,1-3H3. The Hall–Kier alpha value is -2.00. The van der Waals surface area contributed by atoms with Crippen LogP contribution in [-0.2, 0) is 12.8 Å². The molecule has 0 radical (unpaired) electrons. The van der Waals surface area contributed by atoms with Crippen molar-refractivity contribution in [1.82, 2.24) is 9.97 Å². The Morgan fingerprint density at radius 3 is 2.83 bits per heavy atom. The van der Waals surface area contributed by atoms with Crippen molar-refractivity contribution >= 4 is 11.3 Å². The van der Waals surface area contributed by atoms with Crippen LogP contribution in [0.1, 0.15) is 37.1 Å². The van der Waals surface area contributed by atoms with Crippen molar-refractivity contribution in [3.8, 4) is 21.1 Å². The fraction of sp³-hybridized carbons (Fsp3) is 0.333. The van der Waals surface area contributed by atoms with Crippen molar-refractivity contribution < 1.29 is 0 Å². The Labute approximate surface area is 147 Å². The van der Waals surface area contributed by atoms with Crippen molar-refractivity contribution in [2.45, 2.75) is 40.0 Å². The van der Waals surface area contributed by atoms with Crippen LogP contribution in [0, 0.1) is 12.3 Å². The molecule has 1 aromatic carbocycles. The largest absolute Gasteiger partial charge is 0.250 e. The zero-order valence-electron chi connectivity index (χ0n) is 14.5. The third kappa shape index (κ3) is 3.01. The SMILES string of the molecule is Cc1cccc(-c2cnc(-c3ccc4c(n3)CC(C)(C)CC4)s2)c1. The summed E-state index contributed by atoms with van der Waals surface area (Å²) in [6, 6.07) is 13.0. The van der Waals surface area contributed by atoms with E-state index < -0.39 is 0 Å². The predicted molar refractivity (Wildman–Crippen MR) is 101 cm³/mol. The number of fused-ring (bicyclic) bond motifs is 1. The summed E-state index contributed by atoms with van der Waals surface area (Å²) in [5.41, 5.74) is 6.54. The van der Waals surface area contributed by atoms with Gasteiger partial charge in [-0.1, -0.05) is 49.7 Å². The van der Waals surface area contributed by atoms with Crippen LogP contribution in [0.15, 0.2) is 42.6 Å². The van der Waals surface area contributed by atoms with Gasteiger partial charge in [-0.05, 0) is 48.8 Å². The highest BCUT2D eigenvalue weighted by atomic mass is 32.1. The molecule has 0 saturated carbocycles. The molecule has 24 heavy (non-hydrogen) atoms. The van der Waals surface area contributed by atoms with E-state index in [2.05, 4.69) is 62.2 Å². The highest BCUT2D eigenvalue weighted by Crippen LogP contribution is 2.36. The molecule has 0 bridgehead atoms. The van der Waals surface area contributed by atoms with Gasteiger partial charge in [-0.2, -0.15) is 0 Å². The molecule has 0 unspecified atom stereocenters. The highest BCUT2D eigenvalue weighted by molar-refractivity contribution is 7.18. The molecule has 0 atom stereocenters. The lowest BCUT2D eigenvalue weighted by Gasteiger charge is -2.30. The van der Waals surface area contributed by atoms with Gasteiger partial charge in [-0.15, -0.1) is 11.3 Å². The number of aromatic nitrogens is 2. The zero-order chi connectivity index (χ0) is 16.7. The summed E-state index contributed by atoms with van der Waals surface area (Å²) < 4.78 is 0. The van der Waals surface area contributed by atoms with Crippen LogP contribution < -0.4 is 0 Å². The molecule has 1 aliphatic carbocycles. The first kappa shape index (κ1) is 15.5. The van der Waals surface area contributed by atoms with E-state index in [1.165, 1.54) is 33.7 Å². The van der Waals surface area contributed by atoms with Gasteiger partial charge in [0.25, 0.3) is 0 Å². The Morgan fingerprint density at radius 1 is 1.12 bits per heavy atom. The number of hydrogen-bond acceptors (Lipinski definition) is 3. The fourth-order valence-electron chi connectivity index (χ4n) is 3.37. The van der Waals surface area contributed by atoms with Crippen LogP contribution in [0.25, 0.3) is 21.1 Å². The lowest BCUT2D eigenvalue weighted by atomic mass is 9.76. The van der Waals surface area contributed by atoms with Gasteiger partial charge in [-0.3, -0.25) is 4.98 Å². The second kappa shape index (κ2) is 5.82. The van der Waals surface area contributed by atoms with E-state index in [1.54, 1.807) is 11.3 Å². The molecule has 2 heterocycles. The van der Waals surface area contributed by atoms with Crippen molar-refractivity contribution in [3.05, 3.63) is 59.4 Å². The Kier molecular flexibility index (Phi) is 3.76. The second-order valence-corrected chi connectivity index (χ2v) is 8.57. The monoisotopic (exact) mass is 334 g/mol. The van der Waals surface area contributed by atoms with Crippen LogP contribution in [-0.4, -0.2) is 9.97 Å². The van der Waals surface area contributed by atoms with E-state index in [1.807, 2.05) is 6.20 Å². The van der Waals surface area contributed by atoms with E-state index in [-0.39, 0.29) is 0 Å². The van der Waals surface area contributed by atoms with Gasteiger partial charge in [0.2, 0.25) is 0 Å². The predicted octanol–water partition coefficient (Wildman–Crippen LogP) is 5.70. The third-order valence-electron chi connectivity index (χ3n) is 4.81. The smallest absolute Gasteiger partial charge is 0.142 e. The number of benzene rings is 1. The first-order valence-electron chi connectivity index (χ1n) is 8.52. The van der Waals surface area contributed by atoms with E-state index in [0.717, 1.165) is 23.5 Å². The molecule has 0 fully saturated rings. The summed E-state index contributed by atoms with van der Waals surface area (Å²) in [5.74, 6) is 0. The van der Waals surface area contributed by atoms with Crippen molar-refractivity contribution in [2.75, 3.05) is 0 Å². The molecule has 2 nitrogen and oxygen atoms in total. The third-order valence-corrected chi connectivity index (χ3v) is 5.88. The van der Waals surface area contributed by atoms with Crippen LogP contribution in [0.2, 0.25) is 0 Å². The average Bonchev–Trinajstić information content (AvgIpc) is 3.03. The van der Waals surface area contributed by atoms with Crippen LogP contribution in [0.5, 0.6) is 0 Å². The number of hydrogen-bond donors (Lipinski definition) is 0. The normalized spacial score (nSPS) is 16.0. The summed E-state index contributed by atoms with van der Waals surface area (Å²) in [4.78, 5) is 10.8. The van der Waals surface area contributed by atoms with Crippen LogP contribution >= 0.6 is 11.3 Å². The molecule has 0 saturated heterocycles. The summed E-state index contributed by atoms with van der Waals surface area (Å²) in [6.07, 6.45) is 5.42. The van der Waals surface area contributed by atoms with E-state index in [4.69, 9.17) is 4.98 Å². The molecule has 4 rings (SSSR count). The fourth-order valence-corrected chi connectivity index (χ4v) is 4.25. The Balaban J connectivity index is 1.68. The molecule has 0 N–H and O–H groups in total. The molecule has 122 valence electrons. The molecule has 0 amide bonds. The summed E-state index contributed by atoms with van der Waals surface area (Å²) in [6.45, 7) is 6.80. The first-order valence-corrected chi connectivity index (χ1v) is 9.34. The van der Waals surface area contributed by atoms with Gasteiger partial charge in [0.15, 0.2) is 0 Å². The summed E-state index contributed by atoms with van der Waals surface area (Å²) >= 11 is 1.72. The first-order chi connectivity index (χ1) is 11.5. The number of nitrogens with zero attached hydrogens (tertiary/aromatic N) is 2. The Bertz CT molecular complexity index is 892. The highest BCUT2D eigenvalue weighted by Gasteiger charge is 2.26. The number of thiazole rings is 1. The molecular formula is C21H22N2S. The maximum atomic E-state index is 4.95. The van der Waals surface area contributed by atoms with Gasteiger partial charge in [-0.25, -0.2) is 4.98 Å². The minimum Gasteiger partial charge on any atom is -0.250 e. The summed E-state index contributed by atoms with van der Waals surface area (Å²) in [5, 5.41) is 1.01. The molecule has 1 aliphatic rings. The maximum absolute atomic E-state index is 4.95. The van der Waals surface area contributed by atoms with Gasteiger partial charge >= 0.3 is 0 Å². The lowest BCUT2D eigenvalue weighted by Crippen LogP contribution is -2.23. The molecule has 3 aromatic rings. The minimum atomic E-state index is 0.355. The van der Waals surface area contributed by atoms with Gasteiger partial charge in [0.05, 0.1) is 10.6 Å². The second-order valence-electron chi connectivity index (χ2n) is 7.54. The molecule has 2 aromatic heterocycles. The zero-order valence-corrected chi connectivity index (χ0v) is 15.3. The van der Waals surface area contributed by atoms with Gasteiger partial charge in [0.1, 0.15) is 5.01 Å². The Morgan fingerprint density at radius 2 is 2.00 bits per heavy atom. The molecule has 0 aliphatic heterocycles. The van der Waals surface area contributed by atoms with Crippen molar-refractivity contribution in [3.63, 3.8) is 0 Å². The number of pyridine rings is 1. The summed E-state index contributed by atoms with van der Waals surface area (Å²) in [7, 11) is 0. The van der Waals surface area contributed by atoms with E-state index in [9.17, 15) is 0 Å². The topological polar surface area (TPSA) is 25.8 Å². The van der Waals surface area contributed by atoms with Crippen LogP contribution in [0.3, 0.4) is 0 Å². The number of aryl methyl sites for hydroxylation is 2. The molecule has 3 heteroatoms. The average molecular weight is 334 g/mol. The molecule has 0 spiro atoms. The number of rotatable bonds is 2. The van der Waals surface area contributed by atoms with Gasteiger partial charge < -0.3 is 0 Å². The lowest BCUT2D eigenvalue weighted by molar-refractivity contribution is 0.311. The van der Waals surface area contributed by atoms with Gasteiger partial charge in [0, 0.05) is 11.9 Å². The van der Waals surface area contributed by atoms with E-state index in [0.29, 0.717) is 5.41 Å². The van der Waals surface area contributed by atoms with Crippen molar-refractivity contribution in [2.24, 2.45) is 5.41 Å². The van der Waals surface area contributed by atoms with Crippen molar-refractivity contribution in [1.29, 1.82) is 0 Å². The van der Waals surface area contributed by atoms with Crippen LogP contribution in [0.4, 0.5) is 0 Å². The quantitative estimate of drug-likeness (QED) is 0.601. The molecular weight excluding hydrogens is 312 g/mol. The minimum absolute atomic E-state index is 0.355. The van der Waals surface area contributed by atoms with E-state index >= 15 is 0 Å².